The van der Waals surface area contributed by atoms with Crippen molar-refractivity contribution in [3.05, 3.63) is 29.0 Å². The van der Waals surface area contributed by atoms with Gasteiger partial charge in [0.25, 0.3) is 0 Å². The van der Waals surface area contributed by atoms with Crippen molar-refractivity contribution in [2.24, 2.45) is 0 Å². The first-order valence-electron chi connectivity index (χ1n) is 5.61. The smallest absolute Gasteiger partial charge is 0.411 e. The second-order valence-electron chi connectivity index (χ2n) is 4.44. The zero-order chi connectivity index (χ0) is 12.6. The van der Waals surface area contributed by atoms with Gasteiger partial charge in [0.15, 0.2) is 6.10 Å². The van der Waals surface area contributed by atoms with Gasteiger partial charge in [-0.15, -0.1) is 0 Å². The number of nitrogens with zero attached hydrogens (tertiary/aromatic N) is 2. The first kappa shape index (κ1) is 12.2. The van der Waals surface area contributed by atoms with E-state index in [0.717, 1.165) is 0 Å². The minimum absolute atomic E-state index is 0.0338. The normalized spacial score (nSPS) is 24.3. The van der Waals surface area contributed by atoms with E-state index in [1.54, 1.807) is 23.2 Å². The lowest BCUT2D eigenvalue weighted by Gasteiger charge is -2.24. The lowest BCUT2D eigenvalue weighted by Crippen LogP contribution is -2.37. The van der Waals surface area contributed by atoms with Gasteiger partial charge in [0.05, 0.1) is 11.7 Å². The molecule has 1 aliphatic heterocycles. The Labute approximate surface area is 106 Å². The summed E-state index contributed by atoms with van der Waals surface area (Å²) in [4.78, 5) is 17.7. The van der Waals surface area contributed by atoms with Gasteiger partial charge in [0, 0.05) is 17.3 Å². The molecule has 2 rings (SSSR count). The van der Waals surface area contributed by atoms with Crippen molar-refractivity contribution in [2.45, 2.75) is 39.0 Å². The van der Waals surface area contributed by atoms with Crippen LogP contribution in [0.3, 0.4) is 0 Å². The Morgan fingerprint density at radius 1 is 1.53 bits per heavy atom. The van der Waals surface area contributed by atoms with E-state index in [-0.39, 0.29) is 24.3 Å². The molecular weight excluding hydrogens is 240 g/mol. The molecule has 0 aromatic carbocycles. The van der Waals surface area contributed by atoms with Gasteiger partial charge in [-0.2, -0.15) is 0 Å². The molecule has 1 fully saturated rings. The molecule has 0 N–H and O–H groups in total. The van der Waals surface area contributed by atoms with Crippen molar-refractivity contribution in [1.82, 2.24) is 9.88 Å². The highest BCUT2D eigenvalue weighted by Crippen LogP contribution is 2.33. The van der Waals surface area contributed by atoms with Crippen LogP contribution in [0.2, 0.25) is 5.02 Å². The van der Waals surface area contributed by atoms with Crippen LogP contribution in [-0.4, -0.2) is 28.1 Å². The molecule has 0 bridgehead atoms. The van der Waals surface area contributed by atoms with Crippen molar-refractivity contribution in [3.63, 3.8) is 0 Å². The minimum atomic E-state index is -0.344. The molecule has 1 aliphatic rings. The molecular formula is C12H15ClN2O2. The number of hydrogen-bond acceptors (Lipinski definition) is 3. The van der Waals surface area contributed by atoms with E-state index in [2.05, 4.69) is 4.98 Å². The number of amides is 1. The van der Waals surface area contributed by atoms with Gasteiger partial charge < -0.3 is 4.74 Å². The van der Waals surface area contributed by atoms with Gasteiger partial charge in [-0.05, 0) is 32.9 Å². The standard InChI is InChI=1S/C12H15ClN2O2/c1-7(2)15-8(3)11(17-12(15)16)10-6-9(13)4-5-14-10/h4-8,11H,1-3H3/t8-,11+/m1/s1. The molecule has 0 saturated carbocycles. The molecule has 1 amide bonds. The first-order valence-corrected chi connectivity index (χ1v) is 5.99. The summed E-state index contributed by atoms with van der Waals surface area (Å²) >= 11 is 5.91. The van der Waals surface area contributed by atoms with E-state index in [0.29, 0.717) is 10.7 Å². The van der Waals surface area contributed by atoms with Gasteiger partial charge in [-0.3, -0.25) is 9.88 Å². The Hall–Kier alpha value is -1.29. The molecule has 92 valence electrons. The second kappa shape index (κ2) is 4.53. The van der Waals surface area contributed by atoms with Crippen LogP contribution >= 0.6 is 11.6 Å². The highest BCUT2D eigenvalue weighted by molar-refractivity contribution is 6.30. The maximum atomic E-state index is 11.7. The fraction of sp³-hybridized carbons (Fsp3) is 0.500. The van der Waals surface area contributed by atoms with Crippen LogP contribution in [0.15, 0.2) is 18.3 Å². The molecule has 0 radical (unpaired) electrons. The summed E-state index contributed by atoms with van der Waals surface area (Å²) in [5, 5.41) is 0.598. The molecule has 0 spiro atoms. The van der Waals surface area contributed by atoms with Crippen molar-refractivity contribution in [3.8, 4) is 0 Å². The number of carbonyl (C=O) groups excluding carboxylic acids is 1. The molecule has 1 aromatic rings. The summed E-state index contributed by atoms with van der Waals surface area (Å²) in [6.45, 7) is 5.88. The lowest BCUT2D eigenvalue weighted by atomic mass is 10.1. The van der Waals surface area contributed by atoms with E-state index in [1.807, 2.05) is 20.8 Å². The molecule has 17 heavy (non-hydrogen) atoms. The predicted octanol–water partition coefficient (Wildman–Crippen LogP) is 3.03. The summed E-state index contributed by atoms with van der Waals surface area (Å²) in [6.07, 6.45) is 0.985. The van der Waals surface area contributed by atoms with Gasteiger partial charge in [0.1, 0.15) is 0 Å². The fourth-order valence-corrected chi connectivity index (χ4v) is 2.31. The summed E-state index contributed by atoms with van der Waals surface area (Å²) in [5.41, 5.74) is 0.696. The monoisotopic (exact) mass is 254 g/mol. The largest absolute Gasteiger partial charge is 0.437 e. The second-order valence-corrected chi connectivity index (χ2v) is 4.88. The first-order chi connectivity index (χ1) is 8.00. The van der Waals surface area contributed by atoms with Crippen molar-refractivity contribution in [1.29, 1.82) is 0 Å². The zero-order valence-electron chi connectivity index (χ0n) is 10.1. The number of halogens is 1. The fourth-order valence-electron chi connectivity index (χ4n) is 2.15. The molecule has 2 atom stereocenters. The topological polar surface area (TPSA) is 42.4 Å². The van der Waals surface area contributed by atoms with E-state index >= 15 is 0 Å². The van der Waals surface area contributed by atoms with Gasteiger partial charge in [-0.25, -0.2) is 4.79 Å². The maximum absolute atomic E-state index is 11.7. The van der Waals surface area contributed by atoms with Crippen molar-refractivity contribution in [2.75, 3.05) is 0 Å². The average Bonchev–Trinajstić information content (AvgIpc) is 2.54. The molecule has 4 nitrogen and oxygen atoms in total. The zero-order valence-corrected chi connectivity index (χ0v) is 10.8. The molecule has 0 aliphatic carbocycles. The quantitative estimate of drug-likeness (QED) is 0.815. The predicted molar refractivity (Wildman–Crippen MR) is 64.9 cm³/mol. The number of hydrogen-bond donors (Lipinski definition) is 0. The Morgan fingerprint density at radius 2 is 2.24 bits per heavy atom. The maximum Gasteiger partial charge on any atom is 0.411 e. The van der Waals surface area contributed by atoms with Crippen LogP contribution in [0.4, 0.5) is 4.79 Å². The summed E-state index contributed by atoms with van der Waals surface area (Å²) in [5.74, 6) is 0. The van der Waals surface area contributed by atoms with E-state index in [9.17, 15) is 4.79 Å². The highest BCUT2D eigenvalue weighted by Gasteiger charge is 2.41. The third-order valence-electron chi connectivity index (χ3n) is 2.91. The van der Waals surface area contributed by atoms with Crippen LogP contribution in [0.25, 0.3) is 0 Å². The number of rotatable bonds is 2. The van der Waals surface area contributed by atoms with E-state index in [4.69, 9.17) is 16.3 Å². The van der Waals surface area contributed by atoms with E-state index < -0.39 is 0 Å². The van der Waals surface area contributed by atoms with Crippen LogP contribution in [-0.2, 0) is 4.74 Å². The van der Waals surface area contributed by atoms with Crippen LogP contribution in [0.1, 0.15) is 32.6 Å². The summed E-state index contributed by atoms with van der Waals surface area (Å²) in [7, 11) is 0. The van der Waals surface area contributed by atoms with Crippen LogP contribution in [0.5, 0.6) is 0 Å². The Balaban J connectivity index is 2.27. The molecule has 2 heterocycles. The minimum Gasteiger partial charge on any atom is -0.437 e. The number of ether oxygens (including phenoxy) is 1. The van der Waals surface area contributed by atoms with Crippen molar-refractivity contribution >= 4 is 17.7 Å². The van der Waals surface area contributed by atoms with Crippen molar-refractivity contribution < 1.29 is 9.53 Å². The molecule has 1 saturated heterocycles. The van der Waals surface area contributed by atoms with Crippen LogP contribution in [0, 0.1) is 0 Å². The third-order valence-corrected chi connectivity index (χ3v) is 3.14. The summed E-state index contributed by atoms with van der Waals surface area (Å²) in [6, 6.07) is 3.52. The average molecular weight is 255 g/mol. The molecule has 1 aromatic heterocycles. The number of cyclic esters (lactones) is 1. The third kappa shape index (κ3) is 2.22. The highest BCUT2D eigenvalue weighted by atomic mass is 35.5. The van der Waals surface area contributed by atoms with E-state index in [1.165, 1.54) is 0 Å². The lowest BCUT2D eigenvalue weighted by molar-refractivity contribution is 0.127. The Morgan fingerprint density at radius 3 is 2.76 bits per heavy atom. The van der Waals surface area contributed by atoms with Gasteiger partial charge in [-0.1, -0.05) is 11.6 Å². The molecule has 0 unspecified atom stereocenters. The van der Waals surface area contributed by atoms with Gasteiger partial charge >= 0.3 is 6.09 Å². The Bertz CT molecular complexity index is 436. The number of carbonyl (C=O) groups is 1. The Kier molecular flexibility index (Phi) is 3.24. The summed E-state index contributed by atoms with van der Waals surface area (Å²) < 4.78 is 5.35. The number of pyridine rings is 1. The number of aromatic nitrogens is 1. The SMILES string of the molecule is CC(C)N1C(=O)O[C@H](c2cc(Cl)ccn2)[C@H]1C. The van der Waals surface area contributed by atoms with Gasteiger partial charge in [0.2, 0.25) is 0 Å². The van der Waals surface area contributed by atoms with Crippen LogP contribution < -0.4 is 0 Å². The molecule has 5 heteroatoms.